The quantitative estimate of drug-likeness (QED) is 0.495. The molecule has 3 nitrogen and oxygen atoms in total. The number of rotatable bonds is 8. The molecule has 2 unspecified atom stereocenters. The van der Waals surface area contributed by atoms with Gasteiger partial charge in [0.2, 0.25) is 0 Å². The highest BCUT2D eigenvalue weighted by Crippen LogP contribution is 2.50. The third kappa shape index (κ3) is 3.80. The number of nitrogens with zero attached hydrogens (tertiary/aromatic N) is 1. The van der Waals surface area contributed by atoms with Crippen LogP contribution in [0.1, 0.15) is 71.4 Å². The van der Waals surface area contributed by atoms with Gasteiger partial charge in [-0.05, 0) is 32.1 Å². The molecule has 1 amide bonds. The molecule has 0 radical (unpaired) electrons. The minimum atomic E-state index is -0.798. The van der Waals surface area contributed by atoms with Gasteiger partial charge in [-0.1, -0.05) is 94.8 Å². The number of hydrogen-bond acceptors (Lipinski definition) is 2. The zero-order valence-electron chi connectivity index (χ0n) is 18.5. The predicted octanol–water partition coefficient (Wildman–Crippen LogP) is 6.77. The van der Waals surface area contributed by atoms with E-state index in [1.54, 1.807) is 0 Å². The lowest BCUT2D eigenvalue weighted by Crippen LogP contribution is -2.54. The molecule has 0 aliphatic carbocycles. The lowest BCUT2D eigenvalue weighted by Gasteiger charge is -2.44. The minimum absolute atomic E-state index is 0.0590. The average molecular weight is 394 g/mol. The fraction of sp³-hybridized carbons (Fsp3) is 0.500. The summed E-state index contributed by atoms with van der Waals surface area (Å²) in [4.78, 5) is 15.6. The summed E-state index contributed by atoms with van der Waals surface area (Å²) in [5.74, 6) is 0.437. The summed E-state index contributed by atoms with van der Waals surface area (Å²) in [6, 6.07) is 20.5. The van der Waals surface area contributed by atoms with Crippen molar-refractivity contribution in [2.24, 2.45) is 5.92 Å². The van der Waals surface area contributed by atoms with Crippen molar-refractivity contribution < 1.29 is 9.53 Å². The van der Waals surface area contributed by atoms with Gasteiger partial charge in [-0.3, -0.25) is 4.90 Å². The summed E-state index contributed by atoms with van der Waals surface area (Å²) in [7, 11) is 0. The van der Waals surface area contributed by atoms with Crippen molar-refractivity contribution in [1.29, 1.82) is 0 Å². The molecule has 1 heterocycles. The molecule has 1 aliphatic rings. The maximum Gasteiger partial charge on any atom is 0.411 e. The van der Waals surface area contributed by atoms with E-state index in [0.29, 0.717) is 5.92 Å². The second kappa shape index (κ2) is 8.61. The summed E-state index contributed by atoms with van der Waals surface area (Å²) in [6.45, 7) is 11.0. The van der Waals surface area contributed by atoms with Crippen LogP contribution in [0, 0.1) is 5.92 Å². The van der Waals surface area contributed by atoms with Crippen LogP contribution in [0.15, 0.2) is 60.7 Å². The van der Waals surface area contributed by atoms with Crippen LogP contribution in [0.4, 0.5) is 4.79 Å². The zero-order valence-corrected chi connectivity index (χ0v) is 18.5. The van der Waals surface area contributed by atoms with E-state index in [4.69, 9.17) is 4.74 Å². The molecule has 29 heavy (non-hydrogen) atoms. The van der Waals surface area contributed by atoms with Gasteiger partial charge in [0.15, 0.2) is 5.60 Å². The summed E-state index contributed by atoms with van der Waals surface area (Å²) < 4.78 is 6.43. The minimum Gasteiger partial charge on any atom is -0.431 e. The van der Waals surface area contributed by atoms with E-state index >= 15 is 0 Å². The normalized spacial score (nSPS) is 20.6. The van der Waals surface area contributed by atoms with Gasteiger partial charge in [-0.25, -0.2) is 4.79 Å². The number of cyclic esters (lactones) is 1. The summed E-state index contributed by atoms with van der Waals surface area (Å²) >= 11 is 0. The molecular formula is C26H35NO2. The van der Waals surface area contributed by atoms with Crippen molar-refractivity contribution in [3.63, 3.8) is 0 Å². The van der Waals surface area contributed by atoms with E-state index in [2.05, 4.69) is 63.8 Å². The van der Waals surface area contributed by atoms with Crippen LogP contribution < -0.4 is 0 Å². The Morgan fingerprint density at radius 3 is 1.93 bits per heavy atom. The van der Waals surface area contributed by atoms with Crippen molar-refractivity contribution in [3.05, 3.63) is 71.8 Å². The van der Waals surface area contributed by atoms with Crippen LogP contribution in [0.3, 0.4) is 0 Å². The third-order valence-corrected chi connectivity index (χ3v) is 6.46. The van der Waals surface area contributed by atoms with Gasteiger partial charge in [0, 0.05) is 16.7 Å². The van der Waals surface area contributed by atoms with E-state index in [1.807, 2.05) is 36.4 Å². The molecule has 1 saturated heterocycles. The van der Waals surface area contributed by atoms with E-state index in [0.717, 1.165) is 36.8 Å². The van der Waals surface area contributed by atoms with Crippen molar-refractivity contribution in [3.8, 4) is 0 Å². The number of hydrogen-bond donors (Lipinski definition) is 0. The number of benzene rings is 2. The van der Waals surface area contributed by atoms with Gasteiger partial charge in [0.05, 0.1) is 6.04 Å². The molecule has 0 spiro atoms. The van der Waals surface area contributed by atoms with Gasteiger partial charge >= 0.3 is 6.09 Å². The summed E-state index contributed by atoms with van der Waals surface area (Å²) in [5, 5.41) is 0. The second-order valence-corrected chi connectivity index (χ2v) is 8.95. The van der Waals surface area contributed by atoms with Gasteiger partial charge in [0.1, 0.15) is 0 Å². The molecule has 2 atom stereocenters. The highest BCUT2D eigenvalue weighted by Gasteiger charge is 2.59. The van der Waals surface area contributed by atoms with Gasteiger partial charge in [-0.2, -0.15) is 0 Å². The molecule has 0 saturated carbocycles. The molecule has 2 aromatic carbocycles. The lowest BCUT2D eigenvalue weighted by molar-refractivity contribution is 0.0523. The molecule has 2 aromatic rings. The molecule has 156 valence electrons. The monoisotopic (exact) mass is 393 g/mol. The standard InChI is InChI=1S/C26H35NO2/c1-6-18-25(5,7-2)27-23(19-20(3)4)26(29-24(27)28,21-14-10-8-11-15-21)22-16-12-9-13-17-22/h8-17,20,23H,6-7,18-19H2,1-5H3. The first-order valence-electron chi connectivity index (χ1n) is 11.0. The lowest BCUT2D eigenvalue weighted by atomic mass is 9.75. The number of carbonyl (C=O) groups excluding carboxylic acids is 1. The Morgan fingerprint density at radius 1 is 1.00 bits per heavy atom. The first-order chi connectivity index (χ1) is 13.9. The highest BCUT2D eigenvalue weighted by molar-refractivity contribution is 5.74. The molecule has 0 N–H and O–H groups in total. The first kappa shape index (κ1) is 21.4. The Morgan fingerprint density at radius 2 is 1.52 bits per heavy atom. The molecular weight excluding hydrogens is 358 g/mol. The number of amides is 1. The van der Waals surface area contributed by atoms with Crippen molar-refractivity contribution in [1.82, 2.24) is 4.90 Å². The predicted molar refractivity (Wildman–Crippen MR) is 119 cm³/mol. The average Bonchev–Trinajstić information content (AvgIpc) is 3.02. The third-order valence-electron chi connectivity index (χ3n) is 6.46. The van der Waals surface area contributed by atoms with Gasteiger partial charge in [-0.15, -0.1) is 0 Å². The molecule has 1 fully saturated rings. The largest absolute Gasteiger partial charge is 0.431 e. The number of ether oxygens (including phenoxy) is 1. The fourth-order valence-electron chi connectivity index (χ4n) is 4.93. The van der Waals surface area contributed by atoms with Crippen molar-refractivity contribution in [2.45, 2.75) is 77.5 Å². The van der Waals surface area contributed by atoms with E-state index in [-0.39, 0.29) is 17.7 Å². The van der Waals surface area contributed by atoms with Crippen LogP contribution in [0.25, 0.3) is 0 Å². The summed E-state index contributed by atoms with van der Waals surface area (Å²) in [5.41, 5.74) is 1.07. The zero-order chi connectivity index (χ0) is 21.1. The molecule has 0 bridgehead atoms. The van der Waals surface area contributed by atoms with Crippen LogP contribution in [0.2, 0.25) is 0 Å². The maximum atomic E-state index is 13.5. The second-order valence-electron chi connectivity index (χ2n) is 8.95. The van der Waals surface area contributed by atoms with Crippen molar-refractivity contribution in [2.75, 3.05) is 0 Å². The maximum absolute atomic E-state index is 13.5. The van der Waals surface area contributed by atoms with E-state index in [9.17, 15) is 4.79 Å². The van der Waals surface area contributed by atoms with Crippen molar-refractivity contribution >= 4 is 6.09 Å². The van der Waals surface area contributed by atoms with Crippen LogP contribution in [-0.4, -0.2) is 22.6 Å². The topological polar surface area (TPSA) is 29.5 Å². The Balaban J connectivity index is 2.25. The molecule has 0 aromatic heterocycles. The van der Waals surface area contributed by atoms with Crippen LogP contribution in [0.5, 0.6) is 0 Å². The Bertz CT molecular complexity index is 762. The Labute approximate surface area is 176 Å². The Hall–Kier alpha value is -2.29. The smallest absolute Gasteiger partial charge is 0.411 e. The molecule has 1 aliphatic heterocycles. The fourth-order valence-corrected chi connectivity index (χ4v) is 4.93. The van der Waals surface area contributed by atoms with E-state index in [1.165, 1.54) is 0 Å². The number of carbonyl (C=O) groups is 1. The Kier molecular flexibility index (Phi) is 6.36. The summed E-state index contributed by atoms with van der Waals surface area (Å²) in [6.07, 6.45) is 3.60. The van der Waals surface area contributed by atoms with Crippen LogP contribution >= 0.6 is 0 Å². The molecule has 3 rings (SSSR count). The van der Waals surface area contributed by atoms with Gasteiger partial charge < -0.3 is 4.74 Å². The SMILES string of the molecule is CCCC(C)(CC)N1C(=O)OC(c2ccccc2)(c2ccccc2)C1CC(C)C. The van der Waals surface area contributed by atoms with E-state index < -0.39 is 5.60 Å². The first-order valence-corrected chi connectivity index (χ1v) is 11.0. The van der Waals surface area contributed by atoms with Gasteiger partial charge in [0.25, 0.3) is 0 Å². The molecule has 3 heteroatoms. The van der Waals surface area contributed by atoms with Crippen LogP contribution in [-0.2, 0) is 10.3 Å². The highest BCUT2D eigenvalue weighted by atomic mass is 16.6.